The van der Waals surface area contributed by atoms with Crippen molar-refractivity contribution in [3.8, 4) is 0 Å². The van der Waals surface area contributed by atoms with E-state index in [1.807, 2.05) is 0 Å². The molecule has 2 fully saturated rings. The Balaban J connectivity index is 1.67. The van der Waals surface area contributed by atoms with Gasteiger partial charge in [-0.2, -0.15) is 0 Å². The molecule has 0 amide bonds. The SMILES string of the molecule is CCCN1CCC[C@H]1c1ccc(NC2CC2)nc1. The lowest BCUT2D eigenvalue weighted by Gasteiger charge is -2.24. The Bertz CT molecular complexity index is 383. The van der Waals surface area contributed by atoms with E-state index in [1.165, 1.54) is 50.8 Å². The van der Waals surface area contributed by atoms with Crippen LogP contribution in [0.1, 0.15) is 50.6 Å². The fourth-order valence-electron chi connectivity index (χ4n) is 2.88. The van der Waals surface area contributed by atoms with Crippen molar-refractivity contribution in [3.05, 3.63) is 23.9 Å². The zero-order chi connectivity index (χ0) is 12.4. The Hall–Kier alpha value is -1.09. The second-order valence-corrected chi connectivity index (χ2v) is 5.59. The zero-order valence-corrected chi connectivity index (χ0v) is 11.2. The lowest BCUT2D eigenvalue weighted by molar-refractivity contribution is 0.257. The zero-order valence-electron chi connectivity index (χ0n) is 11.2. The van der Waals surface area contributed by atoms with Crippen molar-refractivity contribution in [3.63, 3.8) is 0 Å². The standard InChI is InChI=1S/C15H23N3/c1-2-9-18-10-3-4-14(18)12-5-8-15(16-11-12)17-13-6-7-13/h5,8,11,13-14H,2-4,6-7,9-10H2,1H3,(H,16,17)/t14-/m0/s1. The maximum absolute atomic E-state index is 4.56. The van der Waals surface area contributed by atoms with Crippen molar-refractivity contribution in [2.24, 2.45) is 0 Å². The van der Waals surface area contributed by atoms with Gasteiger partial charge in [0.05, 0.1) is 0 Å². The van der Waals surface area contributed by atoms with Gasteiger partial charge >= 0.3 is 0 Å². The Morgan fingerprint density at radius 2 is 2.22 bits per heavy atom. The number of pyridine rings is 1. The summed E-state index contributed by atoms with van der Waals surface area (Å²) in [5, 5.41) is 3.45. The van der Waals surface area contributed by atoms with E-state index in [-0.39, 0.29) is 0 Å². The van der Waals surface area contributed by atoms with Crippen LogP contribution in [0.15, 0.2) is 18.3 Å². The van der Waals surface area contributed by atoms with Gasteiger partial charge in [-0.15, -0.1) is 0 Å². The molecule has 3 nitrogen and oxygen atoms in total. The van der Waals surface area contributed by atoms with Gasteiger partial charge in [0, 0.05) is 18.3 Å². The van der Waals surface area contributed by atoms with E-state index in [1.54, 1.807) is 0 Å². The minimum atomic E-state index is 0.604. The first-order valence-electron chi connectivity index (χ1n) is 7.33. The van der Waals surface area contributed by atoms with Crippen molar-refractivity contribution in [1.82, 2.24) is 9.88 Å². The molecule has 1 aromatic rings. The normalized spacial score (nSPS) is 24.4. The van der Waals surface area contributed by atoms with Gasteiger partial charge in [0.25, 0.3) is 0 Å². The topological polar surface area (TPSA) is 28.2 Å². The quantitative estimate of drug-likeness (QED) is 0.863. The number of hydrogen-bond acceptors (Lipinski definition) is 3. The van der Waals surface area contributed by atoms with Gasteiger partial charge in [-0.1, -0.05) is 13.0 Å². The average molecular weight is 245 g/mol. The van der Waals surface area contributed by atoms with E-state index in [9.17, 15) is 0 Å². The number of hydrogen-bond donors (Lipinski definition) is 1. The molecule has 3 heteroatoms. The van der Waals surface area contributed by atoms with Gasteiger partial charge in [-0.3, -0.25) is 4.90 Å². The summed E-state index contributed by atoms with van der Waals surface area (Å²) in [5.74, 6) is 1.04. The smallest absolute Gasteiger partial charge is 0.126 e. The highest BCUT2D eigenvalue weighted by molar-refractivity contribution is 5.38. The molecule has 1 aliphatic heterocycles. The van der Waals surface area contributed by atoms with Crippen molar-refractivity contribution >= 4 is 5.82 Å². The second kappa shape index (κ2) is 5.27. The summed E-state index contributed by atoms with van der Waals surface area (Å²) in [6.07, 6.45) is 8.53. The molecule has 1 aromatic heterocycles. The van der Waals surface area contributed by atoms with E-state index in [2.05, 4.69) is 40.5 Å². The Morgan fingerprint density at radius 1 is 1.33 bits per heavy atom. The number of aromatic nitrogens is 1. The fraction of sp³-hybridized carbons (Fsp3) is 0.667. The van der Waals surface area contributed by atoms with Gasteiger partial charge < -0.3 is 5.32 Å². The van der Waals surface area contributed by atoms with Crippen molar-refractivity contribution in [1.29, 1.82) is 0 Å². The summed E-state index contributed by atoms with van der Waals surface area (Å²) in [6.45, 7) is 4.73. The highest BCUT2D eigenvalue weighted by Gasteiger charge is 2.25. The maximum Gasteiger partial charge on any atom is 0.126 e. The van der Waals surface area contributed by atoms with E-state index in [0.29, 0.717) is 12.1 Å². The van der Waals surface area contributed by atoms with E-state index in [0.717, 1.165) is 5.82 Å². The molecule has 1 N–H and O–H groups in total. The van der Waals surface area contributed by atoms with Crippen LogP contribution in [0.3, 0.4) is 0 Å². The summed E-state index contributed by atoms with van der Waals surface area (Å²) in [7, 11) is 0. The molecular weight excluding hydrogens is 222 g/mol. The third-order valence-corrected chi connectivity index (χ3v) is 3.97. The number of anilines is 1. The van der Waals surface area contributed by atoms with Crippen LogP contribution >= 0.6 is 0 Å². The molecule has 0 unspecified atom stereocenters. The summed E-state index contributed by atoms with van der Waals surface area (Å²) in [4.78, 5) is 7.16. The number of nitrogens with zero attached hydrogens (tertiary/aromatic N) is 2. The largest absolute Gasteiger partial charge is 0.367 e. The minimum Gasteiger partial charge on any atom is -0.367 e. The summed E-state index contributed by atoms with van der Waals surface area (Å²) in [6, 6.07) is 5.70. The average Bonchev–Trinajstić information content (AvgIpc) is 3.08. The first-order valence-corrected chi connectivity index (χ1v) is 7.33. The van der Waals surface area contributed by atoms with Crippen molar-refractivity contribution < 1.29 is 0 Å². The summed E-state index contributed by atoms with van der Waals surface area (Å²) in [5.41, 5.74) is 1.39. The predicted octanol–water partition coefficient (Wildman–Crippen LogP) is 3.20. The monoisotopic (exact) mass is 245 g/mol. The molecule has 0 bridgehead atoms. The molecule has 2 heterocycles. The lowest BCUT2D eigenvalue weighted by atomic mass is 10.1. The van der Waals surface area contributed by atoms with Crippen LogP contribution in [0.4, 0.5) is 5.82 Å². The van der Waals surface area contributed by atoms with Crippen LogP contribution in [-0.2, 0) is 0 Å². The third kappa shape index (κ3) is 2.66. The first kappa shape index (κ1) is 12.0. The maximum atomic E-state index is 4.56. The Kier molecular flexibility index (Phi) is 3.50. The lowest BCUT2D eigenvalue weighted by Crippen LogP contribution is -2.24. The predicted molar refractivity (Wildman–Crippen MR) is 74.7 cm³/mol. The molecule has 1 aliphatic carbocycles. The van der Waals surface area contributed by atoms with E-state index < -0.39 is 0 Å². The van der Waals surface area contributed by atoms with Crippen molar-refractivity contribution in [2.45, 2.75) is 51.1 Å². The van der Waals surface area contributed by atoms with Crippen LogP contribution in [0.5, 0.6) is 0 Å². The Morgan fingerprint density at radius 3 is 2.89 bits per heavy atom. The van der Waals surface area contributed by atoms with E-state index in [4.69, 9.17) is 0 Å². The fourth-order valence-corrected chi connectivity index (χ4v) is 2.88. The van der Waals surface area contributed by atoms with E-state index >= 15 is 0 Å². The van der Waals surface area contributed by atoms with Crippen LogP contribution < -0.4 is 5.32 Å². The number of rotatable bonds is 5. The van der Waals surface area contributed by atoms with Crippen LogP contribution in [0, 0.1) is 0 Å². The molecular formula is C15H23N3. The highest BCUT2D eigenvalue weighted by Crippen LogP contribution is 2.32. The molecule has 1 saturated heterocycles. The first-order chi connectivity index (χ1) is 8.86. The molecule has 1 saturated carbocycles. The van der Waals surface area contributed by atoms with Gasteiger partial charge in [-0.05, 0) is 56.8 Å². The summed E-state index contributed by atoms with van der Waals surface area (Å²) >= 11 is 0. The van der Waals surface area contributed by atoms with Crippen molar-refractivity contribution in [2.75, 3.05) is 18.4 Å². The van der Waals surface area contributed by atoms with Crippen LogP contribution in [0.2, 0.25) is 0 Å². The minimum absolute atomic E-state index is 0.604. The van der Waals surface area contributed by atoms with Gasteiger partial charge in [-0.25, -0.2) is 4.98 Å². The molecule has 0 aromatic carbocycles. The molecule has 0 radical (unpaired) electrons. The molecule has 3 rings (SSSR count). The highest BCUT2D eigenvalue weighted by atomic mass is 15.2. The van der Waals surface area contributed by atoms with Crippen LogP contribution in [-0.4, -0.2) is 29.0 Å². The third-order valence-electron chi connectivity index (χ3n) is 3.97. The Labute approximate surface area is 110 Å². The molecule has 2 aliphatic rings. The van der Waals surface area contributed by atoms with Gasteiger partial charge in [0.1, 0.15) is 5.82 Å². The molecule has 1 atom stereocenters. The number of nitrogens with one attached hydrogen (secondary N) is 1. The molecule has 98 valence electrons. The number of likely N-dealkylation sites (tertiary alicyclic amines) is 1. The van der Waals surface area contributed by atoms with Crippen LogP contribution in [0.25, 0.3) is 0 Å². The second-order valence-electron chi connectivity index (χ2n) is 5.59. The molecule has 18 heavy (non-hydrogen) atoms. The molecule has 0 spiro atoms. The van der Waals surface area contributed by atoms with Gasteiger partial charge in [0.2, 0.25) is 0 Å². The van der Waals surface area contributed by atoms with Gasteiger partial charge in [0.15, 0.2) is 0 Å². The summed E-state index contributed by atoms with van der Waals surface area (Å²) < 4.78 is 0.